The molecule has 2 aliphatic rings. The van der Waals surface area contributed by atoms with Crippen LogP contribution in [0.5, 0.6) is 11.5 Å². The first-order chi connectivity index (χ1) is 16.8. The third-order valence-corrected chi connectivity index (χ3v) is 6.77. The fourth-order valence-electron chi connectivity index (χ4n) is 4.52. The van der Waals surface area contributed by atoms with E-state index in [0.717, 1.165) is 29.7 Å². The number of para-hydroxylation sites is 1. The molecule has 1 aliphatic carbocycles. The molecule has 1 aliphatic heterocycles. The van der Waals surface area contributed by atoms with Crippen molar-refractivity contribution in [1.29, 1.82) is 0 Å². The number of rotatable bonds is 6. The topological polar surface area (TPSA) is 87.7 Å². The second-order valence-electron chi connectivity index (χ2n) is 8.89. The molecular weight excluding hydrogens is 466 g/mol. The van der Waals surface area contributed by atoms with Crippen LogP contribution in [-0.4, -0.2) is 29.3 Å². The van der Waals surface area contributed by atoms with Gasteiger partial charge in [-0.2, -0.15) is 0 Å². The van der Waals surface area contributed by atoms with Crippen LogP contribution in [0.3, 0.4) is 0 Å². The van der Waals surface area contributed by atoms with E-state index in [1.54, 1.807) is 43.3 Å². The SMILES string of the molecule is CC1(c2ccc3c(c2)CCC3)NC(=O)N(CC(=O)Nc2ccc(Oc3ccccc3Cl)cc2)C1=O. The molecule has 0 aromatic heterocycles. The molecule has 0 bridgehead atoms. The van der Waals surface area contributed by atoms with Crippen LogP contribution >= 0.6 is 11.6 Å². The van der Waals surface area contributed by atoms with Crippen LogP contribution in [0.2, 0.25) is 5.02 Å². The number of carbonyl (C=O) groups excluding carboxylic acids is 3. The summed E-state index contributed by atoms with van der Waals surface area (Å²) in [6.45, 7) is 1.29. The van der Waals surface area contributed by atoms with Crippen molar-refractivity contribution in [2.24, 2.45) is 0 Å². The quantitative estimate of drug-likeness (QED) is 0.475. The molecule has 7 nitrogen and oxygen atoms in total. The minimum Gasteiger partial charge on any atom is -0.456 e. The van der Waals surface area contributed by atoms with Crippen LogP contribution in [-0.2, 0) is 28.0 Å². The molecule has 8 heteroatoms. The normalized spacial score (nSPS) is 18.9. The van der Waals surface area contributed by atoms with Crippen LogP contribution in [0.15, 0.2) is 66.7 Å². The van der Waals surface area contributed by atoms with Crippen LogP contribution in [0.25, 0.3) is 0 Å². The Morgan fingerprint density at radius 2 is 1.80 bits per heavy atom. The number of anilines is 1. The summed E-state index contributed by atoms with van der Waals surface area (Å²) < 4.78 is 5.75. The Morgan fingerprint density at radius 3 is 2.57 bits per heavy atom. The van der Waals surface area contributed by atoms with Crippen molar-refractivity contribution in [2.45, 2.75) is 31.7 Å². The Hall–Kier alpha value is -3.84. The summed E-state index contributed by atoms with van der Waals surface area (Å²) in [5.41, 5.74) is 2.54. The highest BCUT2D eigenvalue weighted by atomic mass is 35.5. The summed E-state index contributed by atoms with van der Waals surface area (Å²) >= 11 is 6.12. The third-order valence-electron chi connectivity index (χ3n) is 6.46. The molecule has 35 heavy (non-hydrogen) atoms. The number of hydrogen-bond donors (Lipinski definition) is 2. The van der Waals surface area contributed by atoms with Gasteiger partial charge in [-0.05, 0) is 79.3 Å². The molecular formula is C27H24ClN3O4. The predicted molar refractivity (Wildman–Crippen MR) is 133 cm³/mol. The Labute approximate surface area is 208 Å². The van der Waals surface area contributed by atoms with Gasteiger partial charge in [-0.25, -0.2) is 4.79 Å². The van der Waals surface area contributed by atoms with E-state index < -0.39 is 23.4 Å². The monoisotopic (exact) mass is 489 g/mol. The summed E-state index contributed by atoms with van der Waals surface area (Å²) in [7, 11) is 0. The number of carbonyl (C=O) groups is 3. The van der Waals surface area contributed by atoms with E-state index in [0.29, 0.717) is 22.2 Å². The standard InChI is InChI=1S/C27H24ClN3O4/c1-27(19-10-9-17-5-4-6-18(17)15-19)25(33)31(26(34)30-27)16-24(32)29-20-11-13-21(14-12-20)35-23-8-3-2-7-22(23)28/h2-3,7-15H,4-6,16H2,1H3,(H,29,32)(H,30,34). The minimum absolute atomic E-state index is 0.386. The zero-order valence-electron chi connectivity index (χ0n) is 19.1. The molecule has 1 fully saturated rings. The molecule has 3 aromatic rings. The summed E-state index contributed by atoms with van der Waals surface area (Å²) in [5, 5.41) is 5.98. The maximum Gasteiger partial charge on any atom is 0.325 e. The van der Waals surface area contributed by atoms with Crippen molar-refractivity contribution in [3.8, 4) is 11.5 Å². The number of nitrogens with zero attached hydrogens (tertiary/aromatic N) is 1. The van der Waals surface area contributed by atoms with E-state index in [9.17, 15) is 14.4 Å². The summed E-state index contributed by atoms with van der Waals surface area (Å²) in [6, 6.07) is 19.2. The number of nitrogens with one attached hydrogen (secondary N) is 2. The van der Waals surface area contributed by atoms with Gasteiger partial charge in [-0.1, -0.05) is 41.9 Å². The van der Waals surface area contributed by atoms with Crippen LogP contribution in [0.1, 0.15) is 30.0 Å². The average molecular weight is 490 g/mol. The lowest BCUT2D eigenvalue weighted by Gasteiger charge is -2.23. The van der Waals surface area contributed by atoms with Crippen molar-refractivity contribution >= 4 is 35.1 Å². The van der Waals surface area contributed by atoms with Gasteiger partial charge in [0.05, 0.1) is 5.02 Å². The largest absolute Gasteiger partial charge is 0.456 e. The van der Waals surface area contributed by atoms with E-state index >= 15 is 0 Å². The first-order valence-corrected chi connectivity index (χ1v) is 11.8. The average Bonchev–Trinajstić information content (AvgIpc) is 3.40. The second-order valence-corrected chi connectivity index (χ2v) is 9.30. The molecule has 1 heterocycles. The predicted octanol–water partition coefficient (Wildman–Crippen LogP) is 5.03. The zero-order chi connectivity index (χ0) is 24.6. The number of benzene rings is 3. The number of amides is 4. The van der Waals surface area contributed by atoms with Crippen LogP contribution < -0.4 is 15.4 Å². The van der Waals surface area contributed by atoms with Gasteiger partial charge in [0.15, 0.2) is 0 Å². The Kier molecular flexibility index (Phi) is 5.94. The molecule has 0 saturated carbocycles. The summed E-state index contributed by atoms with van der Waals surface area (Å²) in [5.74, 6) is 0.150. The number of fused-ring (bicyclic) bond motifs is 1. The smallest absolute Gasteiger partial charge is 0.325 e. The Bertz CT molecular complexity index is 1320. The van der Waals surface area contributed by atoms with E-state index in [4.69, 9.17) is 16.3 Å². The van der Waals surface area contributed by atoms with Crippen molar-refractivity contribution < 1.29 is 19.1 Å². The van der Waals surface area contributed by atoms with Crippen LogP contribution in [0.4, 0.5) is 10.5 Å². The van der Waals surface area contributed by atoms with Gasteiger partial charge in [0.2, 0.25) is 5.91 Å². The number of ether oxygens (including phenoxy) is 1. The van der Waals surface area contributed by atoms with Crippen molar-refractivity contribution in [3.63, 3.8) is 0 Å². The molecule has 0 spiro atoms. The molecule has 178 valence electrons. The third kappa shape index (κ3) is 4.47. The summed E-state index contributed by atoms with van der Waals surface area (Å²) in [6.07, 6.45) is 3.09. The van der Waals surface area contributed by atoms with Crippen LogP contribution in [0, 0.1) is 0 Å². The van der Waals surface area contributed by atoms with E-state index in [1.807, 2.05) is 30.3 Å². The lowest BCUT2D eigenvalue weighted by molar-refractivity contribution is -0.133. The first kappa shape index (κ1) is 22.9. The number of imide groups is 1. The molecule has 2 N–H and O–H groups in total. The molecule has 5 rings (SSSR count). The molecule has 3 aromatic carbocycles. The second kappa shape index (κ2) is 9.07. The Morgan fingerprint density at radius 1 is 1.06 bits per heavy atom. The Balaban J connectivity index is 1.23. The van der Waals surface area contributed by atoms with Crippen molar-refractivity contribution in [2.75, 3.05) is 11.9 Å². The number of aryl methyl sites for hydroxylation is 2. The molecule has 1 atom stereocenters. The fraction of sp³-hybridized carbons (Fsp3) is 0.222. The van der Waals surface area contributed by atoms with Gasteiger partial charge in [0, 0.05) is 5.69 Å². The molecule has 0 radical (unpaired) electrons. The highest BCUT2D eigenvalue weighted by Crippen LogP contribution is 2.33. The van der Waals surface area contributed by atoms with Gasteiger partial charge in [0.25, 0.3) is 5.91 Å². The van der Waals surface area contributed by atoms with Gasteiger partial charge in [-0.15, -0.1) is 0 Å². The highest BCUT2D eigenvalue weighted by Gasteiger charge is 2.49. The first-order valence-electron chi connectivity index (χ1n) is 11.4. The van der Waals surface area contributed by atoms with Gasteiger partial charge >= 0.3 is 6.03 Å². The molecule has 1 saturated heterocycles. The zero-order valence-corrected chi connectivity index (χ0v) is 19.9. The van der Waals surface area contributed by atoms with Crippen molar-refractivity contribution in [1.82, 2.24) is 10.2 Å². The highest BCUT2D eigenvalue weighted by molar-refractivity contribution is 6.32. The van der Waals surface area contributed by atoms with E-state index in [1.165, 1.54) is 11.1 Å². The van der Waals surface area contributed by atoms with Crippen molar-refractivity contribution in [3.05, 3.63) is 88.4 Å². The number of halogens is 1. The maximum absolute atomic E-state index is 13.2. The van der Waals surface area contributed by atoms with E-state index in [2.05, 4.69) is 10.6 Å². The number of hydrogen-bond acceptors (Lipinski definition) is 4. The molecule has 4 amide bonds. The lowest BCUT2D eigenvalue weighted by Crippen LogP contribution is -2.42. The maximum atomic E-state index is 13.2. The fourth-order valence-corrected chi connectivity index (χ4v) is 4.70. The molecule has 1 unspecified atom stereocenters. The van der Waals surface area contributed by atoms with Gasteiger partial charge in [-0.3, -0.25) is 14.5 Å². The lowest BCUT2D eigenvalue weighted by atomic mass is 9.89. The van der Waals surface area contributed by atoms with Gasteiger partial charge < -0.3 is 15.4 Å². The van der Waals surface area contributed by atoms with E-state index in [-0.39, 0.29) is 6.54 Å². The summed E-state index contributed by atoms with van der Waals surface area (Å²) in [4.78, 5) is 39.4. The minimum atomic E-state index is -1.20. The van der Waals surface area contributed by atoms with Gasteiger partial charge in [0.1, 0.15) is 23.6 Å². The number of urea groups is 1.